The van der Waals surface area contributed by atoms with Crippen LogP contribution in [0.15, 0.2) is 23.1 Å². The maximum Gasteiger partial charge on any atom is 0.251 e. The average molecular weight is 348 g/mol. The third-order valence-electron chi connectivity index (χ3n) is 3.96. The predicted octanol–water partition coefficient (Wildman–Crippen LogP) is 1.42. The minimum absolute atomic E-state index is 0.0782. The molecule has 0 saturated carbocycles. The molecule has 0 bridgehead atoms. The zero-order valence-corrected chi connectivity index (χ0v) is 13.2. The molecule has 2 heterocycles. The highest BCUT2D eigenvalue weighted by Crippen LogP contribution is 2.33. The van der Waals surface area contributed by atoms with Gasteiger partial charge in [-0.1, -0.05) is 0 Å². The third-order valence-corrected chi connectivity index (χ3v) is 5.48. The van der Waals surface area contributed by atoms with Gasteiger partial charge in [-0.05, 0) is 38.1 Å². The first-order valence-corrected chi connectivity index (χ1v) is 8.85. The van der Waals surface area contributed by atoms with Crippen molar-refractivity contribution in [1.29, 1.82) is 0 Å². The zero-order valence-electron chi connectivity index (χ0n) is 12.4. The van der Waals surface area contributed by atoms with E-state index in [4.69, 9.17) is 9.47 Å². The SMILES string of the molecule is O=S(=O)(NC1CCN(CC(F)F)CC1)c1ccc2c(c1)OCO2. The molecule has 1 fully saturated rings. The van der Waals surface area contributed by atoms with Gasteiger partial charge in [0.2, 0.25) is 16.8 Å². The average Bonchev–Trinajstić information content (AvgIpc) is 2.96. The summed E-state index contributed by atoms with van der Waals surface area (Å²) in [5.41, 5.74) is 0. The van der Waals surface area contributed by atoms with E-state index in [0.717, 1.165) is 0 Å². The fraction of sp³-hybridized carbons (Fsp3) is 0.571. The van der Waals surface area contributed by atoms with Gasteiger partial charge < -0.3 is 9.47 Å². The van der Waals surface area contributed by atoms with Crippen LogP contribution in [-0.4, -0.2) is 52.2 Å². The number of ether oxygens (including phenoxy) is 2. The Labute approximate surface area is 133 Å². The standard InChI is InChI=1S/C14H18F2N2O4S/c15-14(16)8-18-5-3-10(4-6-18)17-23(19,20)11-1-2-12-13(7-11)22-9-21-12/h1-2,7,10,14,17H,3-6,8-9H2. The summed E-state index contributed by atoms with van der Waals surface area (Å²) in [7, 11) is -3.67. The molecule has 0 unspecified atom stereocenters. The van der Waals surface area contributed by atoms with Crippen LogP contribution in [-0.2, 0) is 10.0 Å². The molecule has 9 heteroatoms. The van der Waals surface area contributed by atoms with Crippen LogP contribution < -0.4 is 14.2 Å². The lowest BCUT2D eigenvalue weighted by atomic mass is 10.1. The van der Waals surface area contributed by atoms with Gasteiger partial charge in [0.25, 0.3) is 6.43 Å². The van der Waals surface area contributed by atoms with Gasteiger partial charge in [-0.15, -0.1) is 0 Å². The molecule has 1 aromatic carbocycles. The van der Waals surface area contributed by atoms with E-state index in [1.165, 1.54) is 12.1 Å². The van der Waals surface area contributed by atoms with E-state index in [0.29, 0.717) is 37.4 Å². The number of nitrogens with one attached hydrogen (secondary N) is 1. The molecule has 0 radical (unpaired) electrons. The topological polar surface area (TPSA) is 67.9 Å². The van der Waals surface area contributed by atoms with Gasteiger partial charge in [-0.2, -0.15) is 0 Å². The number of hydrogen-bond acceptors (Lipinski definition) is 5. The quantitative estimate of drug-likeness (QED) is 0.872. The van der Waals surface area contributed by atoms with E-state index in [2.05, 4.69) is 4.72 Å². The summed E-state index contributed by atoms with van der Waals surface area (Å²) in [6, 6.07) is 4.19. The highest BCUT2D eigenvalue weighted by Gasteiger charge is 2.27. The van der Waals surface area contributed by atoms with Crippen molar-refractivity contribution in [3.63, 3.8) is 0 Å². The van der Waals surface area contributed by atoms with Gasteiger partial charge in [0.15, 0.2) is 11.5 Å². The molecular weight excluding hydrogens is 330 g/mol. The van der Waals surface area contributed by atoms with Gasteiger partial charge in [0, 0.05) is 12.1 Å². The molecule has 0 amide bonds. The minimum Gasteiger partial charge on any atom is -0.454 e. The molecule has 0 atom stereocenters. The highest BCUT2D eigenvalue weighted by molar-refractivity contribution is 7.89. The van der Waals surface area contributed by atoms with E-state index in [1.807, 2.05) is 0 Å². The Morgan fingerprint density at radius 2 is 1.91 bits per heavy atom. The normalized spacial score (nSPS) is 19.4. The van der Waals surface area contributed by atoms with E-state index in [1.54, 1.807) is 11.0 Å². The van der Waals surface area contributed by atoms with Gasteiger partial charge >= 0.3 is 0 Å². The van der Waals surface area contributed by atoms with Crippen molar-refractivity contribution in [2.75, 3.05) is 26.4 Å². The van der Waals surface area contributed by atoms with Crippen molar-refractivity contribution in [3.8, 4) is 11.5 Å². The number of alkyl halides is 2. The van der Waals surface area contributed by atoms with Crippen LogP contribution in [0.1, 0.15) is 12.8 Å². The second-order valence-corrected chi connectivity index (χ2v) is 7.32. The molecule has 2 aliphatic heterocycles. The maximum atomic E-state index is 12.4. The van der Waals surface area contributed by atoms with E-state index >= 15 is 0 Å². The maximum absolute atomic E-state index is 12.4. The van der Waals surface area contributed by atoms with Crippen LogP contribution in [0, 0.1) is 0 Å². The Balaban J connectivity index is 1.61. The second-order valence-electron chi connectivity index (χ2n) is 5.60. The first-order chi connectivity index (χ1) is 10.9. The molecule has 3 rings (SSSR count). The number of rotatable bonds is 5. The summed E-state index contributed by atoms with van der Waals surface area (Å²) in [6.45, 7) is 0.730. The number of nitrogens with zero attached hydrogens (tertiary/aromatic N) is 1. The van der Waals surface area contributed by atoms with Crippen molar-refractivity contribution in [3.05, 3.63) is 18.2 Å². The van der Waals surface area contributed by atoms with Crippen molar-refractivity contribution in [2.24, 2.45) is 0 Å². The van der Waals surface area contributed by atoms with E-state index < -0.39 is 16.4 Å². The third kappa shape index (κ3) is 3.91. The zero-order chi connectivity index (χ0) is 16.4. The molecule has 1 saturated heterocycles. The molecule has 1 aromatic rings. The minimum atomic E-state index is -3.67. The van der Waals surface area contributed by atoms with Crippen LogP contribution >= 0.6 is 0 Å². The molecule has 6 nitrogen and oxygen atoms in total. The molecule has 23 heavy (non-hydrogen) atoms. The number of fused-ring (bicyclic) bond motifs is 1. The van der Waals surface area contributed by atoms with Crippen LogP contribution in [0.4, 0.5) is 8.78 Å². The van der Waals surface area contributed by atoms with Crippen LogP contribution in [0.25, 0.3) is 0 Å². The first-order valence-electron chi connectivity index (χ1n) is 7.36. The van der Waals surface area contributed by atoms with Crippen molar-refractivity contribution in [2.45, 2.75) is 30.2 Å². The van der Waals surface area contributed by atoms with E-state index in [9.17, 15) is 17.2 Å². The molecule has 1 N–H and O–H groups in total. The van der Waals surface area contributed by atoms with Gasteiger partial charge in [-0.3, -0.25) is 4.90 Å². The molecule has 2 aliphatic rings. The monoisotopic (exact) mass is 348 g/mol. The van der Waals surface area contributed by atoms with Gasteiger partial charge in [-0.25, -0.2) is 21.9 Å². The molecule has 0 aliphatic carbocycles. The highest BCUT2D eigenvalue weighted by atomic mass is 32.2. The van der Waals surface area contributed by atoms with Gasteiger partial charge in [0.05, 0.1) is 11.4 Å². The summed E-state index contributed by atoms with van der Waals surface area (Å²) in [6.07, 6.45) is -1.34. The smallest absolute Gasteiger partial charge is 0.251 e. The molecule has 128 valence electrons. The van der Waals surface area contributed by atoms with Crippen molar-refractivity contribution >= 4 is 10.0 Å². The van der Waals surface area contributed by atoms with Gasteiger partial charge in [0.1, 0.15) is 0 Å². The lowest BCUT2D eigenvalue weighted by molar-refractivity contribution is 0.0747. The first kappa shape index (κ1) is 16.4. The van der Waals surface area contributed by atoms with Crippen LogP contribution in [0.5, 0.6) is 11.5 Å². The van der Waals surface area contributed by atoms with Crippen molar-refractivity contribution < 1.29 is 26.7 Å². The Morgan fingerprint density at radius 3 is 2.61 bits per heavy atom. The number of benzene rings is 1. The molecular formula is C14H18F2N2O4S. The summed E-state index contributed by atoms with van der Waals surface area (Å²) in [4.78, 5) is 1.76. The lowest BCUT2D eigenvalue weighted by Gasteiger charge is -2.31. The van der Waals surface area contributed by atoms with Crippen molar-refractivity contribution in [1.82, 2.24) is 9.62 Å². The second kappa shape index (κ2) is 6.58. The summed E-state index contributed by atoms with van der Waals surface area (Å²) in [5.74, 6) is 0.920. The number of hydrogen-bond donors (Lipinski definition) is 1. The number of sulfonamides is 1. The predicted molar refractivity (Wildman–Crippen MR) is 78.4 cm³/mol. The Hall–Kier alpha value is -1.45. The summed E-state index contributed by atoms with van der Waals surface area (Å²) in [5, 5.41) is 0. The summed E-state index contributed by atoms with van der Waals surface area (Å²) < 4.78 is 62.5. The molecule has 0 spiro atoms. The Morgan fingerprint density at radius 1 is 1.22 bits per heavy atom. The van der Waals surface area contributed by atoms with E-state index in [-0.39, 0.29) is 24.3 Å². The Kier molecular flexibility index (Phi) is 4.69. The lowest BCUT2D eigenvalue weighted by Crippen LogP contribution is -2.45. The molecule has 0 aromatic heterocycles. The number of likely N-dealkylation sites (tertiary alicyclic amines) is 1. The fourth-order valence-corrected chi connectivity index (χ4v) is 4.08. The largest absolute Gasteiger partial charge is 0.454 e. The Bertz CT molecular complexity index is 661. The summed E-state index contributed by atoms with van der Waals surface area (Å²) >= 11 is 0. The van der Waals surface area contributed by atoms with Crippen LogP contribution in [0.3, 0.4) is 0 Å². The number of piperidine rings is 1. The fourth-order valence-electron chi connectivity index (χ4n) is 2.76. The van der Waals surface area contributed by atoms with Crippen LogP contribution in [0.2, 0.25) is 0 Å². The number of halogens is 2.